The zero-order chi connectivity index (χ0) is 18.1. The van der Waals surface area contributed by atoms with Crippen LogP contribution in [-0.4, -0.2) is 70.3 Å². The van der Waals surface area contributed by atoms with E-state index in [1.54, 1.807) is 4.90 Å². The molecule has 4 atom stereocenters. The number of hydrogen-bond donors (Lipinski definition) is 5. The predicted molar refractivity (Wildman–Crippen MR) is 89.0 cm³/mol. The Kier molecular flexibility index (Phi) is 5.90. The number of likely N-dealkylation sites (tertiary alicyclic amines) is 1. The number of carbonyl (C=O) groups is 2. The maximum absolute atomic E-state index is 12.7. The summed E-state index contributed by atoms with van der Waals surface area (Å²) in [5.41, 5.74) is 5.43. The van der Waals surface area contributed by atoms with Gasteiger partial charge in [-0.3, -0.25) is 9.59 Å². The molecule has 1 amide bonds. The van der Waals surface area contributed by atoms with Crippen LogP contribution in [0.3, 0.4) is 0 Å². The summed E-state index contributed by atoms with van der Waals surface area (Å²) < 4.78 is 0. The summed E-state index contributed by atoms with van der Waals surface area (Å²) >= 11 is 0. The molecule has 2 aliphatic heterocycles. The Hall–Kier alpha value is -1.16. The number of fused-ring (bicyclic) bond motifs is 1. The average molecular weight is 341 g/mol. The van der Waals surface area contributed by atoms with Gasteiger partial charge in [-0.2, -0.15) is 0 Å². The van der Waals surface area contributed by atoms with Crippen LogP contribution in [0, 0.1) is 11.3 Å². The molecule has 2 heterocycles. The van der Waals surface area contributed by atoms with Crippen LogP contribution in [-0.2, 0) is 9.59 Å². The largest absolute Gasteiger partial charge is 0.480 e. The summed E-state index contributed by atoms with van der Waals surface area (Å²) in [7, 11) is -1.40. The molecule has 9 heteroatoms. The summed E-state index contributed by atoms with van der Waals surface area (Å²) in [6.07, 6.45) is 1.80. The number of nitrogens with zero attached hydrogens (tertiary/aromatic N) is 1. The Morgan fingerprint density at radius 3 is 2.62 bits per heavy atom. The van der Waals surface area contributed by atoms with Crippen molar-refractivity contribution in [3.8, 4) is 0 Å². The Morgan fingerprint density at radius 2 is 2.08 bits per heavy atom. The van der Waals surface area contributed by atoms with Crippen molar-refractivity contribution in [1.29, 1.82) is 0 Å². The Balaban J connectivity index is 2.19. The third kappa shape index (κ3) is 3.44. The third-order valence-electron chi connectivity index (χ3n) is 5.59. The molecule has 8 nitrogen and oxygen atoms in total. The zero-order valence-corrected chi connectivity index (χ0v) is 14.3. The molecular formula is C15H28BN3O5. The lowest BCUT2D eigenvalue weighted by Gasteiger charge is -2.35. The van der Waals surface area contributed by atoms with Crippen LogP contribution in [0.15, 0.2) is 0 Å². The summed E-state index contributed by atoms with van der Waals surface area (Å²) in [4.78, 5) is 26.1. The molecule has 0 aromatic heterocycles. The van der Waals surface area contributed by atoms with Crippen LogP contribution in [0.2, 0.25) is 6.32 Å². The highest BCUT2D eigenvalue weighted by atomic mass is 16.4. The number of carboxylic acids is 1. The van der Waals surface area contributed by atoms with Gasteiger partial charge in [0.25, 0.3) is 0 Å². The topological polar surface area (TPSA) is 136 Å². The minimum Gasteiger partial charge on any atom is -0.480 e. The molecule has 6 N–H and O–H groups in total. The first kappa shape index (κ1) is 19.2. The highest BCUT2D eigenvalue weighted by molar-refractivity contribution is 6.40. The van der Waals surface area contributed by atoms with E-state index in [1.165, 1.54) is 0 Å². The van der Waals surface area contributed by atoms with Gasteiger partial charge in [-0.05, 0) is 25.1 Å². The molecule has 0 aromatic rings. The summed E-state index contributed by atoms with van der Waals surface area (Å²) in [5, 5.41) is 30.7. The van der Waals surface area contributed by atoms with E-state index in [0.717, 1.165) is 0 Å². The van der Waals surface area contributed by atoms with Gasteiger partial charge < -0.3 is 31.1 Å². The van der Waals surface area contributed by atoms with Crippen molar-refractivity contribution in [3.63, 3.8) is 0 Å². The molecule has 0 spiro atoms. The van der Waals surface area contributed by atoms with Gasteiger partial charge in [0.05, 0.1) is 12.1 Å². The highest BCUT2D eigenvalue weighted by Gasteiger charge is 2.59. The summed E-state index contributed by atoms with van der Waals surface area (Å²) in [6.45, 7) is 4.70. The third-order valence-corrected chi connectivity index (χ3v) is 5.59. The highest BCUT2D eigenvalue weighted by Crippen LogP contribution is 2.47. The van der Waals surface area contributed by atoms with Crippen LogP contribution < -0.4 is 11.1 Å². The lowest BCUT2D eigenvalue weighted by atomic mass is 9.70. The molecule has 0 bridgehead atoms. The standard InChI is InChI=1S/C15H28BN3O5/c1-9(2)11(17)13(20)19-7-5-15(4-3-6-16(23)24)10(19)8-18-12(15)14(21)22/h9-12,18,23-24H,3-8,17H2,1-2H3,(H,21,22)/t10?,11-,12?,15?/m0/s1. The number of carbonyl (C=O) groups excluding carboxylic acids is 1. The molecule has 0 aliphatic carbocycles. The molecule has 0 radical (unpaired) electrons. The van der Waals surface area contributed by atoms with Crippen molar-refractivity contribution >= 4 is 19.0 Å². The quantitative estimate of drug-likeness (QED) is 0.370. The van der Waals surface area contributed by atoms with Gasteiger partial charge in [0.15, 0.2) is 0 Å². The number of nitrogens with two attached hydrogens (primary N) is 1. The summed E-state index contributed by atoms with van der Waals surface area (Å²) in [6, 6.07) is -1.54. The first-order valence-corrected chi connectivity index (χ1v) is 8.59. The van der Waals surface area contributed by atoms with Gasteiger partial charge in [0.2, 0.25) is 5.91 Å². The van der Waals surface area contributed by atoms with Crippen molar-refractivity contribution in [2.24, 2.45) is 17.1 Å². The first-order chi connectivity index (χ1) is 11.2. The maximum atomic E-state index is 12.7. The lowest BCUT2D eigenvalue weighted by Crippen LogP contribution is -2.52. The van der Waals surface area contributed by atoms with Crippen molar-refractivity contribution in [2.45, 2.75) is 57.6 Å². The van der Waals surface area contributed by atoms with Crippen molar-refractivity contribution in [3.05, 3.63) is 0 Å². The number of carboxylic acid groups (broad SMARTS) is 1. The SMILES string of the molecule is CC(C)[C@H](N)C(=O)N1CCC2(CCCB(O)O)C(C(=O)O)NCC12. The lowest BCUT2D eigenvalue weighted by molar-refractivity contribution is -0.143. The van der Waals surface area contributed by atoms with Crippen LogP contribution in [0.5, 0.6) is 0 Å². The van der Waals surface area contributed by atoms with E-state index in [-0.39, 0.29) is 24.2 Å². The second-order valence-corrected chi connectivity index (χ2v) is 7.35. The van der Waals surface area contributed by atoms with Gasteiger partial charge in [-0.1, -0.05) is 20.3 Å². The maximum Gasteiger partial charge on any atom is 0.451 e. The molecule has 3 unspecified atom stereocenters. The van der Waals surface area contributed by atoms with Gasteiger partial charge in [-0.25, -0.2) is 0 Å². The predicted octanol–water partition coefficient (Wildman–Crippen LogP) is -1.13. The Labute approximate surface area is 142 Å². The normalized spacial score (nSPS) is 30.5. The van der Waals surface area contributed by atoms with Crippen molar-refractivity contribution in [1.82, 2.24) is 10.2 Å². The van der Waals surface area contributed by atoms with Crippen LogP contribution in [0.25, 0.3) is 0 Å². The fraction of sp³-hybridized carbons (Fsp3) is 0.867. The van der Waals surface area contributed by atoms with E-state index in [2.05, 4.69) is 5.32 Å². The van der Waals surface area contributed by atoms with Gasteiger partial charge >= 0.3 is 13.1 Å². The fourth-order valence-corrected chi connectivity index (χ4v) is 4.17. The van der Waals surface area contributed by atoms with Crippen LogP contribution in [0.1, 0.15) is 33.1 Å². The molecule has 0 aromatic carbocycles. The smallest absolute Gasteiger partial charge is 0.451 e. The van der Waals surface area contributed by atoms with E-state index in [9.17, 15) is 14.7 Å². The summed E-state index contributed by atoms with van der Waals surface area (Å²) in [5.74, 6) is -1.04. The zero-order valence-electron chi connectivity index (χ0n) is 14.3. The molecule has 2 aliphatic rings. The fourth-order valence-electron chi connectivity index (χ4n) is 4.17. The molecule has 2 rings (SSSR count). The second kappa shape index (κ2) is 7.39. The van der Waals surface area contributed by atoms with Crippen LogP contribution >= 0.6 is 0 Å². The van der Waals surface area contributed by atoms with E-state index in [1.807, 2.05) is 13.8 Å². The van der Waals surface area contributed by atoms with E-state index in [0.29, 0.717) is 32.4 Å². The molecule has 2 saturated heterocycles. The Morgan fingerprint density at radius 1 is 1.42 bits per heavy atom. The molecule has 0 saturated carbocycles. The van der Waals surface area contributed by atoms with Gasteiger partial charge in [0, 0.05) is 18.5 Å². The number of hydrogen-bond acceptors (Lipinski definition) is 6. The van der Waals surface area contributed by atoms with Gasteiger partial charge in [0.1, 0.15) is 6.04 Å². The van der Waals surface area contributed by atoms with Crippen LogP contribution in [0.4, 0.5) is 0 Å². The average Bonchev–Trinajstić information content (AvgIpc) is 3.01. The molecule has 24 heavy (non-hydrogen) atoms. The van der Waals surface area contributed by atoms with E-state index >= 15 is 0 Å². The van der Waals surface area contributed by atoms with Gasteiger partial charge in [-0.15, -0.1) is 0 Å². The molecular weight excluding hydrogens is 313 g/mol. The Bertz CT molecular complexity index is 490. The molecule has 2 fully saturated rings. The minimum absolute atomic E-state index is 0.0154. The molecule has 136 valence electrons. The number of nitrogens with one attached hydrogen (secondary N) is 1. The number of amides is 1. The van der Waals surface area contributed by atoms with E-state index < -0.39 is 30.6 Å². The number of rotatable bonds is 7. The van der Waals surface area contributed by atoms with Crippen molar-refractivity contribution < 1.29 is 24.7 Å². The monoisotopic (exact) mass is 341 g/mol. The minimum atomic E-state index is -1.40. The second-order valence-electron chi connectivity index (χ2n) is 7.35. The number of aliphatic carboxylic acids is 1. The van der Waals surface area contributed by atoms with E-state index in [4.69, 9.17) is 15.8 Å². The first-order valence-electron chi connectivity index (χ1n) is 8.59. The van der Waals surface area contributed by atoms with Crippen molar-refractivity contribution in [2.75, 3.05) is 13.1 Å².